The maximum absolute atomic E-state index is 11.2. The first-order valence-corrected chi connectivity index (χ1v) is 3.89. The number of hydrogen-bond acceptors (Lipinski definition) is 1. The number of carbonyl (C=O) groups excluding carboxylic acids is 1. The molecule has 0 bridgehead atoms. The second-order valence-corrected chi connectivity index (χ2v) is 2.51. The second-order valence-electron chi connectivity index (χ2n) is 2.51. The number of hydrogen-bond donors (Lipinski definition) is 1. The first kappa shape index (κ1) is 10.7. The molecule has 0 aliphatic rings. The van der Waals surface area contributed by atoms with Crippen molar-refractivity contribution < 1.29 is 4.79 Å². The summed E-state index contributed by atoms with van der Waals surface area (Å²) in [6.07, 6.45) is 3.23. The third-order valence-corrected chi connectivity index (χ3v) is 1.22. The molecule has 0 fully saturated rings. The van der Waals surface area contributed by atoms with E-state index < -0.39 is 0 Å². The molecular weight excluding hydrogens is 150 g/mol. The molecule has 1 N–H and O–H groups in total. The van der Waals surface area contributed by atoms with E-state index in [2.05, 4.69) is 18.5 Å². The van der Waals surface area contributed by atoms with E-state index >= 15 is 0 Å². The Kier molecular flexibility index (Phi) is 4.77. The van der Waals surface area contributed by atoms with Gasteiger partial charge in [-0.2, -0.15) is 0 Å². The van der Waals surface area contributed by atoms with Crippen molar-refractivity contribution in [3.63, 3.8) is 0 Å². The molecule has 0 spiro atoms. The molecule has 2 nitrogen and oxygen atoms in total. The highest BCUT2D eigenvalue weighted by Gasteiger charge is 2.02. The molecule has 0 aliphatic heterocycles. The smallest absolute Gasteiger partial charge is 0.251 e. The van der Waals surface area contributed by atoms with Gasteiger partial charge in [-0.3, -0.25) is 4.79 Å². The van der Waals surface area contributed by atoms with E-state index in [0.717, 1.165) is 5.57 Å². The summed E-state index contributed by atoms with van der Waals surface area (Å²) in [5, 5.41) is 2.68. The number of amides is 1. The summed E-state index contributed by atoms with van der Waals surface area (Å²) in [5.41, 5.74) is 1.40. The Hall–Kier alpha value is -1.31. The van der Waals surface area contributed by atoms with E-state index in [9.17, 15) is 4.79 Å². The molecule has 66 valence electrons. The lowest BCUT2D eigenvalue weighted by atomic mass is 10.2. The molecule has 12 heavy (non-hydrogen) atoms. The molecule has 0 heterocycles. The Labute approximate surface area is 73.7 Å². The first-order valence-electron chi connectivity index (χ1n) is 3.89. The largest absolute Gasteiger partial charge is 0.352 e. The van der Waals surface area contributed by atoms with E-state index in [0.29, 0.717) is 12.1 Å². The predicted octanol–water partition coefficient (Wildman–Crippen LogP) is 1.81. The maximum atomic E-state index is 11.2. The van der Waals surface area contributed by atoms with Crippen molar-refractivity contribution in [1.29, 1.82) is 0 Å². The lowest BCUT2D eigenvalue weighted by Gasteiger charge is -2.01. The number of nitrogens with one attached hydrogen (secondary N) is 1. The Morgan fingerprint density at radius 2 is 2.17 bits per heavy atom. The summed E-state index contributed by atoms with van der Waals surface area (Å²) in [6.45, 7) is 11.6. The molecule has 0 aromatic carbocycles. The summed E-state index contributed by atoms with van der Waals surface area (Å²) in [7, 11) is 0. The third kappa shape index (κ3) is 3.76. The van der Waals surface area contributed by atoms with Gasteiger partial charge >= 0.3 is 0 Å². The van der Waals surface area contributed by atoms with Gasteiger partial charge in [0.25, 0.3) is 5.91 Å². The van der Waals surface area contributed by atoms with E-state index in [1.54, 1.807) is 6.08 Å². The molecule has 0 saturated carbocycles. The van der Waals surface area contributed by atoms with E-state index in [-0.39, 0.29) is 5.91 Å². The van der Waals surface area contributed by atoms with Gasteiger partial charge in [0.05, 0.1) is 0 Å². The molecule has 0 radical (unpaired) electrons. The van der Waals surface area contributed by atoms with Gasteiger partial charge in [0.2, 0.25) is 0 Å². The Morgan fingerprint density at radius 3 is 2.50 bits per heavy atom. The standard InChI is InChI=1S/C10H15NO/c1-5-9(7-8(3)4)10(12)11-6-2/h5,7H,1,3,6H2,2,4H3,(H,11,12)/b9-7+. The maximum Gasteiger partial charge on any atom is 0.251 e. The van der Waals surface area contributed by atoms with Crippen LogP contribution in [0.25, 0.3) is 0 Å². The minimum Gasteiger partial charge on any atom is -0.352 e. The van der Waals surface area contributed by atoms with Crippen LogP contribution in [-0.2, 0) is 4.79 Å². The summed E-state index contributed by atoms with van der Waals surface area (Å²) >= 11 is 0. The Morgan fingerprint density at radius 1 is 1.58 bits per heavy atom. The highest BCUT2D eigenvalue weighted by atomic mass is 16.1. The van der Waals surface area contributed by atoms with Crippen LogP contribution in [0.5, 0.6) is 0 Å². The molecule has 0 aliphatic carbocycles. The Balaban J connectivity index is 4.44. The summed E-state index contributed by atoms with van der Waals surface area (Å²) in [6, 6.07) is 0. The highest BCUT2D eigenvalue weighted by molar-refractivity contribution is 5.96. The van der Waals surface area contributed by atoms with Crippen molar-refractivity contribution in [3.05, 3.63) is 36.5 Å². The SMILES string of the molecule is C=C/C(=C\C(=C)C)C(=O)NCC. The third-order valence-electron chi connectivity index (χ3n) is 1.22. The fraction of sp³-hybridized carbons (Fsp3) is 0.300. The molecule has 0 aromatic rings. The zero-order valence-electron chi connectivity index (χ0n) is 7.68. The van der Waals surface area contributed by atoms with Gasteiger partial charge in [0, 0.05) is 12.1 Å². The van der Waals surface area contributed by atoms with Crippen molar-refractivity contribution in [2.75, 3.05) is 6.54 Å². The summed E-state index contributed by atoms with van der Waals surface area (Å²) in [4.78, 5) is 11.2. The van der Waals surface area contributed by atoms with Gasteiger partial charge in [0.15, 0.2) is 0 Å². The molecule has 0 atom stereocenters. The van der Waals surface area contributed by atoms with Gasteiger partial charge in [-0.15, -0.1) is 0 Å². The topological polar surface area (TPSA) is 29.1 Å². The molecule has 0 saturated heterocycles. The van der Waals surface area contributed by atoms with Crippen molar-refractivity contribution in [2.24, 2.45) is 0 Å². The molecule has 0 rings (SSSR count). The lowest BCUT2D eigenvalue weighted by Crippen LogP contribution is -2.23. The average molecular weight is 165 g/mol. The van der Waals surface area contributed by atoms with Crippen LogP contribution in [0.4, 0.5) is 0 Å². The quantitative estimate of drug-likeness (QED) is 0.499. The summed E-state index contributed by atoms with van der Waals surface area (Å²) in [5.74, 6) is -0.101. The van der Waals surface area contributed by atoms with E-state index in [1.807, 2.05) is 13.8 Å². The minimum absolute atomic E-state index is 0.101. The molecular formula is C10H15NO. The zero-order chi connectivity index (χ0) is 9.56. The van der Waals surface area contributed by atoms with Crippen molar-refractivity contribution in [1.82, 2.24) is 5.32 Å². The lowest BCUT2D eigenvalue weighted by molar-refractivity contribution is -0.117. The van der Waals surface area contributed by atoms with Crippen molar-refractivity contribution >= 4 is 5.91 Å². The number of carbonyl (C=O) groups is 1. The van der Waals surface area contributed by atoms with Gasteiger partial charge in [-0.1, -0.05) is 24.8 Å². The molecule has 0 unspecified atom stereocenters. The van der Waals surface area contributed by atoms with E-state index in [1.165, 1.54) is 6.08 Å². The van der Waals surface area contributed by atoms with Gasteiger partial charge in [-0.05, 0) is 19.9 Å². The van der Waals surface area contributed by atoms with Crippen molar-refractivity contribution in [3.8, 4) is 0 Å². The number of likely N-dealkylation sites (N-methyl/N-ethyl adjacent to an activating group) is 1. The highest BCUT2D eigenvalue weighted by Crippen LogP contribution is 2.00. The summed E-state index contributed by atoms with van der Waals surface area (Å²) < 4.78 is 0. The first-order chi connectivity index (χ1) is 5.61. The second kappa shape index (κ2) is 5.35. The van der Waals surface area contributed by atoms with Crippen LogP contribution in [-0.4, -0.2) is 12.5 Å². The predicted molar refractivity (Wildman–Crippen MR) is 51.8 cm³/mol. The van der Waals surface area contributed by atoms with Gasteiger partial charge in [-0.25, -0.2) is 0 Å². The van der Waals surface area contributed by atoms with Crippen LogP contribution in [0, 0.1) is 0 Å². The van der Waals surface area contributed by atoms with Crippen LogP contribution in [0.3, 0.4) is 0 Å². The van der Waals surface area contributed by atoms with Crippen LogP contribution >= 0.6 is 0 Å². The van der Waals surface area contributed by atoms with Gasteiger partial charge in [0.1, 0.15) is 0 Å². The Bertz CT molecular complexity index is 226. The van der Waals surface area contributed by atoms with E-state index in [4.69, 9.17) is 0 Å². The molecule has 2 heteroatoms. The van der Waals surface area contributed by atoms with Crippen LogP contribution in [0.2, 0.25) is 0 Å². The minimum atomic E-state index is -0.101. The fourth-order valence-corrected chi connectivity index (χ4v) is 0.745. The van der Waals surface area contributed by atoms with Crippen LogP contribution < -0.4 is 5.32 Å². The normalized spacial score (nSPS) is 10.7. The fourth-order valence-electron chi connectivity index (χ4n) is 0.745. The zero-order valence-corrected chi connectivity index (χ0v) is 7.68. The van der Waals surface area contributed by atoms with Crippen LogP contribution in [0.15, 0.2) is 36.5 Å². The van der Waals surface area contributed by atoms with Crippen molar-refractivity contribution in [2.45, 2.75) is 13.8 Å². The monoisotopic (exact) mass is 165 g/mol. The molecule has 1 amide bonds. The number of allylic oxidation sites excluding steroid dienone is 2. The van der Waals surface area contributed by atoms with Gasteiger partial charge < -0.3 is 5.32 Å². The average Bonchev–Trinajstić information content (AvgIpc) is 2.00. The van der Waals surface area contributed by atoms with Crippen LogP contribution in [0.1, 0.15) is 13.8 Å². The molecule has 0 aromatic heterocycles. The number of rotatable bonds is 4.